The van der Waals surface area contributed by atoms with E-state index in [0.717, 1.165) is 17.0 Å². The number of nitrogens with zero attached hydrogens (tertiary/aromatic N) is 3. The number of rotatable bonds is 6. The monoisotopic (exact) mass is 344 g/mol. The number of aryl methyl sites for hydroxylation is 1. The maximum atomic E-state index is 11.6. The highest BCUT2D eigenvalue weighted by molar-refractivity contribution is 7.98. The second-order valence-electron chi connectivity index (χ2n) is 4.92. The average molecular weight is 344 g/mol. The number of thioether (sulfide) groups is 1. The highest BCUT2D eigenvalue weighted by atomic mass is 32.2. The molecule has 0 aliphatic heterocycles. The van der Waals surface area contributed by atoms with Gasteiger partial charge in [-0.3, -0.25) is 4.79 Å². The van der Waals surface area contributed by atoms with Crippen LogP contribution in [0.1, 0.15) is 18.5 Å². The number of methoxy groups -OCH3 is 1. The van der Waals surface area contributed by atoms with Gasteiger partial charge >= 0.3 is 0 Å². The molecule has 0 atom stereocenters. The molecule has 124 valence electrons. The van der Waals surface area contributed by atoms with E-state index in [1.54, 1.807) is 7.11 Å². The summed E-state index contributed by atoms with van der Waals surface area (Å²) in [5.74, 6) is 2.18. The van der Waals surface area contributed by atoms with Crippen molar-refractivity contribution in [3.05, 3.63) is 52.3 Å². The molecule has 0 saturated carbocycles. The van der Waals surface area contributed by atoms with Crippen molar-refractivity contribution < 1.29 is 9.26 Å². The number of hydrogen-bond acceptors (Lipinski definition) is 7. The van der Waals surface area contributed by atoms with Crippen LogP contribution in [0.5, 0.6) is 5.75 Å². The fourth-order valence-electron chi connectivity index (χ4n) is 2.03. The van der Waals surface area contributed by atoms with Gasteiger partial charge in [0.15, 0.2) is 5.16 Å². The molecule has 0 bridgehead atoms. The second-order valence-corrected chi connectivity index (χ2v) is 5.89. The zero-order valence-electron chi connectivity index (χ0n) is 13.3. The Morgan fingerprint density at radius 2 is 2.04 bits per heavy atom. The number of aromatic amines is 1. The third-order valence-corrected chi connectivity index (χ3v) is 4.14. The lowest BCUT2D eigenvalue weighted by Gasteiger charge is -2.00. The van der Waals surface area contributed by atoms with Gasteiger partial charge in [-0.25, -0.2) is 4.98 Å². The first-order valence-corrected chi connectivity index (χ1v) is 8.36. The fraction of sp³-hybridized carbons (Fsp3) is 0.250. The predicted molar refractivity (Wildman–Crippen MR) is 90.1 cm³/mol. The van der Waals surface area contributed by atoms with Crippen molar-refractivity contribution >= 4 is 11.8 Å². The van der Waals surface area contributed by atoms with E-state index in [4.69, 9.17) is 9.26 Å². The summed E-state index contributed by atoms with van der Waals surface area (Å²) in [4.78, 5) is 23.0. The van der Waals surface area contributed by atoms with Crippen molar-refractivity contribution in [3.8, 4) is 17.1 Å². The van der Waals surface area contributed by atoms with E-state index in [1.807, 2.05) is 31.2 Å². The molecule has 2 aromatic heterocycles. The van der Waals surface area contributed by atoms with Crippen LogP contribution in [0.4, 0.5) is 0 Å². The van der Waals surface area contributed by atoms with Crippen molar-refractivity contribution in [1.82, 2.24) is 20.1 Å². The number of hydrogen-bond donors (Lipinski definition) is 1. The molecule has 8 heteroatoms. The highest BCUT2D eigenvalue weighted by Crippen LogP contribution is 2.22. The molecule has 7 nitrogen and oxygen atoms in total. The lowest BCUT2D eigenvalue weighted by Crippen LogP contribution is -2.09. The predicted octanol–water partition coefficient (Wildman–Crippen LogP) is 2.68. The summed E-state index contributed by atoms with van der Waals surface area (Å²) < 4.78 is 10.4. The average Bonchev–Trinajstić information content (AvgIpc) is 3.08. The van der Waals surface area contributed by atoms with E-state index in [1.165, 1.54) is 17.8 Å². The van der Waals surface area contributed by atoms with Crippen molar-refractivity contribution in [1.29, 1.82) is 0 Å². The largest absolute Gasteiger partial charge is 0.497 e. The standard InChI is InChI=1S/C16H16N4O3S/c1-3-11-8-13(21)18-16(17-11)24-9-14-19-15(20-23-14)10-4-6-12(22-2)7-5-10/h4-8H,3,9H2,1-2H3,(H,17,18,21). The third kappa shape index (κ3) is 3.83. The molecule has 0 fully saturated rings. The molecule has 0 aliphatic carbocycles. The summed E-state index contributed by atoms with van der Waals surface area (Å²) in [6.45, 7) is 1.95. The third-order valence-electron chi connectivity index (χ3n) is 3.28. The van der Waals surface area contributed by atoms with Gasteiger partial charge in [-0.05, 0) is 30.7 Å². The minimum atomic E-state index is -0.159. The van der Waals surface area contributed by atoms with Crippen LogP contribution in [0.2, 0.25) is 0 Å². The minimum Gasteiger partial charge on any atom is -0.497 e. The normalized spacial score (nSPS) is 10.8. The van der Waals surface area contributed by atoms with Crippen LogP contribution < -0.4 is 10.3 Å². The SMILES string of the molecule is CCc1cc(=O)[nH]c(SCc2nc(-c3ccc(OC)cc3)no2)n1. The summed E-state index contributed by atoms with van der Waals surface area (Å²) in [6, 6.07) is 8.91. The van der Waals surface area contributed by atoms with E-state index >= 15 is 0 Å². The summed E-state index contributed by atoms with van der Waals surface area (Å²) in [5.41, 5.74) is 1.44. The van der Waals surface area contributed by atoms with Crippen molar-refractivity contribution in [2.75, 3.05) is 7.11 Å². The molecule has 0 aliphatic rings. The Morgan fingerprint density at radius 1 is 1.25 bits per heavy atom. The minimum absolute atomic E-state index is 0.159. The van der Waals surface area contributed by atoms with Crippen LogP contribution in [-0.4, -0.2) is 27.2 Å². The molecule has 24 heavy (non-hydrogen) atoms. The smallest absolute Gasteiger partial charge is 0.251 e. The van der Waals surface area contributed by atoms with E-state index in [2.05, 4.69) is 20.1 Å². The molecule has 0 unspecified atom stereocenters. The van der Waals surface area contributed by atoms with Gasteiger partial charge in [-0.2, -0.15) is 4.98 Å². The molecule has 0 spiro atoms. The first kappa shape index (κ1) is 16.3. The molecule has 2 heterocycles. The number of H-pyrrole nitrogens is 1. The summed E-state index contributed by atoms with van der Waals surface area (Å²) in [6.07, 6.45) is 0.708. The van der Waals surface area contributed by atoms with E-state index in [0.29, 0.717) is 29.0 Å². The van der Waals surface area contributed by atoms with Gasteiger partial charge in [0.25, 0.3) is 5.56 Å². The molecule has 3 aromatic rings. The van der Waals surface area contributed by atoms with Crippen LogP contribution in [0.3, 0.4) is 0 Å². The Kier molecular flexibility index (Phi) is 4.95. The Balaban J connectivity index is 1.69. The number of ether oxygens (including phenoxy) is 1. The highest BCUT2D eigenvalue weighted by Gasteiger charge is 2.10. The Morgan fingerprint density at radius 3 is 2.75 bits per heavy atom. The molecule has 1 aromatic carbocycles. The molecule has 0 amide bonds. The second kappa shape index (κ2) is 7.31. The first-order valence-electron chi connectivity index (χ1n) is 7.38. The van der Waals surface area contributed by atoms with Gasteiger partial charge in [-0.15, -0.1) is 0 Å². The zero-order chi connectivity index (χ0) is 16.9. The first-order chi connectivity index (χ1) is 11.7. The lowest BCUT2D eigenvalue weighted by molar-refractivity contribution is 0.391. The quantitative estimate of drug-likeness (QED) is 0.542. The van der Waals surface area contributed by atoms with Gasteiger partial charge in [0.05, 0.1) is 12.9 Å². The van der Waals surface area contributed by atoms with Gasteiger partial charge in [-0.1, -0.05) is 23.8 Å². The molecule has 0 saturated heterocycles. The number of nitrogens with one attached hydrogen (secondary N) is 1. The van der Waals surface area contributed by atoms with E-state index in [9.17, 15) is 4.79 Å². The number of aromatic nitrogens is 4. The Bertz CT molecular complexity index is 874. The van der Waals surface area contributed by atoms with E-state index < -0.39 is 0 Å². The van der Waals surface area contributed by atoms with E-state index in [-0.39, 0.29) is 5.56 Å². The molecule has 3 rings (SSSR count). The fourth-order valence-corrected chi connectivity index (χ4v) is 2.77. The number of benzene rings is 1. The van der Waals surface area contributed by atoms with Crippen LogP contribution >= 0.6 is 11.8 Å². The Labute approximate surface area is 142 Å². The van der Waals surface area contributed by atoms with Crippen molar-refractivity contribution in [2.45, 2.75) is 24.3 Å². The van der Waals surface area contributed by atoms with Gasteiger partial charge in [0.2, 0.25) is 11.7 Å². The maximum absolute atomic E-state index is 11.6. The van der Waals surface area contributed by atoms with Crippen molar-refractivity contribution in [3.63, 3.8) is 0 Å². The molecular weight excluding hydrogens is 328 g/mol. The van der Waals surface area contributed by atoms with Crippen molar-refractivity contribution in [2.24, 2.45) is 0 Å². The summed E-state index contributed by atoms with van der Waals surface area (Å²) in [5, 5.41) is 4.52. The van der Waals surface area contributed by atoms with Gasteiger partial charge in [0, 0.05) is 17.3 Å². The summed E-state index contributed by atoms with van der Waals surface area (Å²) in [7, 11) is 1.62. The van der Waals surface area contributed by atoms with Gasteiger partial charge in [0.1, 0.15) is 5.75 Å². The van der Waals surface area contributed by atoms with Crippen LogP contribution in [0.15, 0.2) is 44.8 Å². The molecular formula is C16H16N4O3S. The van der Waals surface area contributed by atoms with Crippen LogP contribution in [-0.2, 0) is 12.2 Å². The maximum Gasteiger partial charge on any atom is 0.251 e. The topological polar surface area (TPSA) is 93.9 Å². The van der Waals surface area contributed by atoms with Gasteiger partial charge < -0.3 is 14.2 Å². The molecule has 0 radical (unpaired) electrons. The van der Waals surface area contributed by atoms with Crippen LogP contribution in [0, 0.1) is 0 Å². The zero-order valence-corrected chi connectivity index (χ0v) is 14.1. The lowest BCUT2D eigenvalue weighted by atomic mass is 10.2. The van der Waals surface area contributed by atoms with Crippen LogP contribution in [0.25, 0.3) is 11.4 Å². The summed E-state index contributed by atoms with van der Waals surface area (Å²) >= 11 is 1.35. The Hall–Kier alpha value is -2.61. The molecule has 1 N–H and O–H groups in total.